The molecule has 0 aromatic heterocycles. The van der Waals surface area contributed by atoms with Gasteiger partial charge in [0.2, 0.25) is 0 Å². The third-order valence-corrected chi connectivity index (χ3v) is 2.90. The molecule has 0 aliphatic carbocycles. The van der Waals surface area contributed by atoms with Crippen LogP contribution in [0.2, 0.25) is 0 Å². The molecule has 0 unspecified atom stereocenters. The maximum absolute atomic E-state index is 10.6. The summed E-state index contributed by atoms with van der Waals surface area (Å²) in [4.78, 5) is 12.3. The lowest BCUT2D eigenvalue weighted by molar-refractivity contribution is -0.384. The van der Waals surface area contributed by atoms with Crippen LogP contribution >= 0.6 is 0 Å². The number of nitrogens with zero attached hydrogens (tertiary/aromatic N) is 2. The Bertz CT molecular complexity index is 420. The first kappa shape index (κ1) is 10.9. The summed E-state index contributed by atoms with van der Waals surface area (Å²) in [6.45, 7) is 3.27. The normalized spacial score (nSPS) is 20.1. The average molecular weight is 222 g/mol. The van der Waals surface area contributed by atoms with E-state index >= 15 is 0 Å². The van der Waals surface area contributed by atoms with E-state index in [0.29, 0.717) is 6.54 Å². The summed E-state index contributed by atoms with van der Waals surface area (Å²) in [5.41, 5.74) is 1.96. The van der Waals surface area contributed by atoms with Gasteiger partial charge in [-0.2, -0.15) is 0 Å². The van der Waals surface area contributed by atoms with Crippen LogP contribution < -0.4 is 4.90 Å². The molecule has 16 heavy (non-hydrogen) atoms. The van der Waals surface area contributed by atoms with E-state index in [9.17, 15) is 15.2 Å². The van der Waals surface area contributed by atoms with E-state index in [2.05, 4.69) is 4.90 Å². The van der Waals surface area contributed by atoms with Crippen molar-refractivity contribution in [2.24, 2.45) is 0 Å². The standard InChI is InChI=1S/C11H14N2O3/c1-8-6-9(13(15)16)2-3-11(8)12-5-4-10(14)7-12/h2-3,6,10,14H,4-5,7H2,1H3/t10-/m0/s1. The Morgan fingerprint density at radius 3 is 2.81 bits per heavy atom. The van der Waals surface area contributed by atoms with Gasteiger partial charge in [-0.25, -0.2) is 0 Å². The number of hydrogen-bond acceptors (Lipinski definition) is 4. The zero-order valence-electron chi connectivity index (χ0n) is 9.09. The fourth-order valence-corrected chi connectivity index (χ4v) is 2.07. The lowest BCUT2D eigenvalue weighted by Crippen LogP contribution is -2.21. The highest BCUT2D eigenvalue weighted by Crippen LogP contribution is 2.27. The summed E-state index contributed by atoms with van der Waals surface area (Å²) >= 11 is 0. The minimum Gasteiger partial charge on any atom is -0.391 e. The Morgan fingerprint density at radius 2 is 2.31 bits per heavy atom. The van der Waals surface area contributed by atoms with E-state index in [-0.39, 0.29) is 11.8 Å². The summed E-state index contributed by atoms with van der Waals surface area (Å²) in [5, 5.41) is 20.0. The second kappa shape index (κ2) is 4.09. The number of hydrogen-bond donors (Lipinski definition) is 1. The summed E-state index contributed by atoms with van der Waals surface area (Å²) in [7, 11) is 0. The topological polar surface area (TPSA) is 66.6 Å². The van der Waals surface area contributed by atoms with Crippen LogP contribution in [0.5, 0.6) is 0 Å². The van der Waals surface area contributed by atoms with Gasteiger partial charge < -0.3 is 10.0 Å². The second-order valence-electron chi connectivity index (χ2n) is 4.12. The molecular formula is C11H14N2O3. The monoisotopic (exact) mass is 222 g/mol. The average Bonchev–Trinajstić information content (AvgIpc) is 2.64. The largest absolute Gasteiger partial charge is 0.391 e. The molecule has 5 heteroatoms. The van der Waals surface area contributed by atoms with E-state index in [1.165, 1.54) is 6.07 Å². The number of benzene rings is 1. The zero-order valence-corrected chi connectivity index (χ0v) is 9.09. The minimum absolute atomic E-state index is 0.112. The molecule has 2 rings (SSSR count). The van der Waals surface area contributed by atoms with Crippen LogP contribution in [0.4, 0.5) is 11.4 Å². The molecule has 0 bridgehead atoms. The fraction of sp³-hybridized carbons (Fsp3) is 0.455. The molecule has 0 saturated carbocycles. The van der Waals surface area contributed by atoms with E-state index in [1.807, 2.05) is 6.92 Å². The lowest BCUT2D eigenvalue weighted by Gasteiger charge is -2.19. The minimum atomic E-state index is -0.393. The molecule has 1 atom stereocenters. The third kappa shape index (κ3) is 1.99. The highest BCUT2D eigenvalue weighted by Gasteiger charge is 2.22. The van der Waals surface area contributed by atoms with E-state index < -0.39 is 4.92 Å². The van der Waals surface area contributed by atoms with Crippen LogP contribution in [-0.2, 0) is 0 Å². The van der Waals surface area contributed by atoms with Crippen molar-refractivity contribution in [3.8, 4) is 0 Å². The Kier molecular flexibility index (Phi) is 2.78. The third-order valence-electron chi connectivity index (χ3n) is 2.90. The maximum Gasteiger partial charge on any atom is 0.269 e. The molecule has 1 aliphatic rings. The first-order valence-corrected chi connectivity index (χ1v) is 5.26. The summed E-state index contributed by atoms with van der Waals surface area (Å²) in [5.74, 6) is 0. The Labute approximate surface area is 93.5 Å². The molecule has 0 radical (unpaired) electrons. The van der Waals surface area contributed by atoms with Gasteiger partial charge in [-0.3, -0.25) is 10.1 Å². The highest BCUT2D eigenvalue weighted by atomic mass is 16.6. The van der Waals surface area contributed by atoms with Crippen LogP contribution in [0.3, 0.4) is 0 Å². The van der Waals surface area contributed by atoms with E-state index in [0.717, 1.165) is 24.2 Å². The van der Waals surface area contributed by atoms with Crippen molar-refractivity contribution in [1.82, 2.24) is 0 Å². The molecule has 1 heterocycles. The van der Waals surface area contributed by atoms with Crippen LogP contribution in [0, 0.1) is 17.0 Å². The van der Waals surface area contributed by atoms with E-state index in [4.69, 9.17) is 0 Å². The van der Waals surface area contributed by atoms with Crippen LogP contribution in [0.15, 0.2) is 18.2 Å². The van der Waals surface area contributed by atoms with Crippen LogP contribution in [-0.4, -0.2) is 29.2 Å². The van der Waals surface area contributed by atoms with Crippen molar-refractivity contribution >= 4 is 11.4 Å². The molecule has 0 spiro atoms. The molecule has 1 saturated heterocycles. The van der Waals surface area contributed by atoms with Gasteiger partial charge >= 0.3 is 0 Å². The van der Waals surface area contributed by atoms with Crippen molar-refractivity contribution in [2.75, 3.05) is 18.0 Å². The number of aliphatic hydroxyl groups is 1. The molecule has 0 amide bonds. The highest BCUT2D eigenvalue weighted by molar-refractivity contribution is 5.58. The molecular weight excluding hydrogens is 208 g/mol. The fourth-order valence-electron chi connectivity index (χ4n) is 2.07. The molecule has 1 aromatic rings. The smallest absolute Gasteiger partial charge is 0.269 e. The van der Waals surface area contributed by atoms with Gasteiger partial charge in [0.25, 0.3) is 5.69 Å². The van der Waals surface area contributed by atoms with E-state index in [1.54, 1.807) is 12.1 Å². The maximum atomic E-state index is 10.6. The number of aryl methyl sites for hydroxylation is 1. The van der Waals surface area contributed by atoms with Gasteiger partial charge in [0, 0.05) is 30.9 Å². The first-order chi connectivity index (χ1) is 7.58. The van der Waals surface area contributed by atoms with Crippen LogP contribution in [0.25, 0.3) is 0 Å². The summed E-state index contributed by atoms with van der Waals surface area (Å²) in [6.07, 6.45) is 0.478. The van der Waals surface area contributed by atoms with Gasteiger partial charge in [0.15, 0.2) is 0 Å². The molecule has 1 aliphatic heterocycles. The Balaban J connectivity index is 2.26. The van der Waals surface area contributed by atoms with Gasteiger partial charge in [0.1, 0.15) is 0 Å². The Hall–Kier alpha value is -1.62. The predicted molar refractivity (Wildman–Crippen MR) is 60.7 cm³/mol. The quantitative estimate of drug-likeness (QED) is 0.608. The van der Waals surface area contributed by atoms with Crippen molar-refractivity contribution in [2.45, 2.75) is 19.4 Å². The SMILES string of the molecule is Cc1cc([N+](=O)[O-])ccc1N1CC[C@H](O)C1. The second-order valence-corrected chi connectivity index (χ2v) is 4.12. The van der Waals surface area contributed by atoms with Crippen molar-refractivity contribution in [1.29, 1.82) is 0 Å². The van der Waals surface area contributed by atoms with Crippen molar-refractivity contribution in [3.05, 3.63) is 33.9 Å². The Morgan fingerprint density at radius 1 is 1.56 bits per heavy atom. The number of rotatable bonds is 2. The molecule has 86 valence electrons. The molecule has 5 nitrogen and oxygen atoms in total. The first-order valence-electron chi connectivity index (χ1n) is 5.26. The van der Waals surface area contributed by atoms with Crippen molar-refractivity contribution in [3.63, 3.8) is 0 Å². The number of nitro groups is 1. The van der Waals surface area contributed by atoms with Crippen molar-refractivity contribution < 1.29 is 10.0 Å². The number of β-amino-alcohol motifs (C(OH)–C–C–N with tert-alkyl or cyclic N) is 1. The summed E-state index contributed by atoms with van der Waals surface area (Å²) < 4.78 is 0. The number of non-ortho nitro benzene ring substituents is 1. The molecule has 1 aromatic carbocycles. The van der Waals surface area contributed by atoms with Gasteiger partial charge in [-0.1, -0.05) is 0 Å². The summed E-state index contributed by atoms with van der Waals surface area (Å²) in [6, 6.07) is 4.83. The number of anilines is 1. The molecule has 1 fully saturated rings. The zero-order chi connectivity index (χ0) is 11.7. The van der Waals surface area contributed by atoms with Gasteiger partial charge in [-0.15, -0.1) is 0 Å². The predicted octanol–water partition coefficient (Wildman–Crippen LogP) is 1.47. The lowest BCUT2D eigenvalue weighted by atomic mass is 10.1. The number of nitro benzene ring substituents is 1. The number of aliphatic hydroxyl groups excluding tert-OH is 1. The van der Waals surface area contributed by atoms with Gasteiger partial charge in [-0.05, 0) is 25.0 Å². The van der Waals surface area contributed by atoms with Crippen LogP contribution in [0.1, 0.15) is 12.0 Å². The van der Waals surface area contributed by atoms with Gasteiger partial charge in [0.05, 0.1) is 11.0 Å². The molecule has 1 N–H and O–H groups in total.